The molecule has 2 aromatic rings. The third-order valence-electron chi connectivity index (χ3n) is 6.00. The summed E-state index contributed by atoms with van der Waals surface area (Å²) in [6, 6.07) is 14.8. The number of benzene rings is 2. The number of carboxylic acids is 1. The smallest absolute Gasteiger partial charge is 0.307 e. The monoisotopic (exact) mass is 398 g/mol. The summed E-state index contributed by atoms with van der Waals surface area (Å²) in [4.78, 5) is 16.0. The second-order valence-corrected chi connectivity index (χ2v) is 8.32. The molecule has 2 heterocycles. The first-order chi connectivity index (χ1) is 13.6. The molecular weight excluding hydrogens is 372 g/mol. The number of carbonyl (C=O) groups is 1. The van der Waals surface area contributed by atoms with E-state index >= 15 is 0 Å². The van der Waals surface area contributed by atoms with Crippen LogP contribution in [0.15, 0.2) is 42.5 Å². The number of anilines is 2. The molecule has 0 aromatic heterocycles. The van der Waals surface area contributed by atoms with Crippen molar-refractivity contribution in [3.05, 3.63) is 58.6 Å². The number of hydrogen-bond acceptors (Lipinski definition) is 3. The quantitative estimate of drug-likeness (QED) is 0.788. The normalized spacial score (nSPS) is 19.6. The summed E-state index contributed by atoms with van der Waals surface area (Å²) in [5, 5.41) is 10.1. The Labute approximate surface area is 171 Å². The fraction of sp³-hybridized carbons (Fsp3) is 0.435. The van der Waals surface area contributed by atoms with Gasteiger partial charge in [-0.1, -0.05) is 35.9 Å². The number of likely N-dealkylation sites (tertiary alicyclic amines) is 1. The van der Waals surface area contributed by atoms with Crippen LogP contribution in [0.1, 0.15) is 30.4 Å². The summed E-state index contributed by atoms with van der Waals surface area (Å²) in [7, 11) is 0. The highest BCUT2D eigenvalue weighted by Gasteiger charge is 2.25. The van der Waals surface area contributed by atoms with E-state index in [0.717, 1.165) is 56.8 Å². The number of halogens is 1. The molecule has 1 fully saturated rings. The number of aliphatic carboxylic acids is 1. The van der Waals surface area contributed by atoms with Gasteiger partial charge in [0.1, 0.15) is 0 Å². The molecule has 1 saturated heterocycles. The zero-order valence-electron chi connectivity index (χ0n) is 16.1. The van der Waals surface area contributed by atoms with Crippen LogP contribution in [0.25, 0.3) is 0 Å². The molecule has 5 heteroatoms. The van der Waals surface area contributed by atoms with E-state index in [-0.39, 0.29) is 5.92 Å². The molecule has 0 bridgehead atoms. The summed E-state index contributed by atoms with van der Waals surface area (Å²) in [5.41, 5.74) is 5.19. The fourth-order valence-corrected chi connectivity index (χ4v) is 4.70. The van der Waals surface area contributed by atoms with Crippen molar-refractivity contribution in [2.45, 2.75) is 32.1 Å². The van der Waals surface area contributed by atoms with E-state index in [2.05, 4.69) is 46.2 Å². The second-order valence-electron chi connectivity index (χ2n) is 7.88. The average Bonchev–Trinajstić information content (AvgIpc) is 2.85. The summed E-state index contributed by atoms with van der Waals surface area (Å²) in [6.45, 7) is 3.51. The van der Waals surface area contributed by atoms with Crippen molar-refractivity contribution in [3.8, 4) is 0 Å². The minimum absolute atomic E-state index is 0.216. The van der Waals surface area contributed by atoms with Crippen LogP contribution in [-0.4, -0.2) is 42.2 Å². The molecule has 28 heavy (non-hydrogen) atoms. The maximum atomic E-state index is 11.3. The molecule has 0 aliphatic carbocycles. The first kappa shape index (κ1) is 19.3. The summed E-state index contributed by atoms with van der Waals surface area (Å²) in [5.74, 6) is -0.873. The fourth-order valence-electron chi connectivity index (χ4n) is 4.54. The van der Waals surface area contributed by atoms with Crippen molar-refractivity contribution in [1.29, 1.82) is 0 Å². The molecule has 1 atom stereocenters. The highest BCUT2D eigenvalue weighted by atomic mass is 35.5. The lowest BCUT2D eigenvalue weighted by Gasteiger charge is -2.32. The van der Waals surface area contributed by atoms with E-state index in [1.165, 1.54) is 22.5 Å². The van der Waals surface area contributed by atoms with Crippen LogP contribution in [-0.2, 0) is 17.6 Å². The molecule has 148 valence electrons. The molecule has 2 aromatic carbocycles. The van der Waals surface area contributed by atoms with Gasteiger partial charge >= 0.3 is 5.97 Å². The lowest BCUT2D eigenvalue weighted by molar-refractivity contribution is -0.143. The Balaban J connectivity index is 1.50. The van der Waals surface area contributed by atoms with Crippen molar-refractivity contribution < 1.29 is 9.90 Å². The predicted octanol–water partition coefficient (Wildman–Crippen LogP) is 4.76. The lowest BCUT2D eigenvalue weighted by atomic mass is 9.98. The van der Waals surface area contributed by atoms with Crippen molar-refractivity contribution >= 4 is 28.9 Å². The molecule has 0 radical (unpaired) electrons. The highest BCUT2D eigenvalue weighted by Crippen LogP contribution is 2.37. The summed E-state index contributed by atoms with van der Waals surface area (Å²) >= 11 is 6.33. The number of rotatable bonds is 5. The molecule has 1 N–H and O–H groups in total. The van der Waals surface area contributed by atoms with Gasteiger partial charge in [0.25, 0.3) is 0 Å². The number of hydrogen-bond donors (Lipinski definition) is 1. The van der Waals surface area contributed by atoms with Crippen molar-refractivity contribution in [1.82, 2.24) is 4.90 Å². The van der Waals surface area contributed by atoms with Crippen LogP contribution in [0.4, 0.5) is 11.4 Å². The van der Waals surface area contributed by atoms with Crippen LogP contribution in [0.2, 0.25) is 5.02 Å². The minimum Gasteiger partial charge on any atom is -0.481 e. The van der Waals surface area contributed by atoms with Crippen molar-refractivity contribution in [2.24, 2.45) is 5.92 Å². The molecular formula is C23H27ClN2O2. The third-order valence-corrected chi connectivity index (χ3v) is 6.23. The molecule has 4 nitrogen and oxygen atoms in total. The predicted molar refractivity (Wildman–Crippen MR) is 114 cm³/mol. The number of piperidine rings is 1. The van der Waals surface area contributed by atoms with Gasteiger partial charge in [0.15, 0.2) is 0 Å². The topological polar surface area (TPSA) is 43.8 Å². The first-order valence-electron chi connectivity index (χ1n) is 10.2. The van der Waals surface area contributed by atoms with E-state index in [1.54, 1.807) is 0 Å². The molecule has 2 aliphatic heterocycles. The second kappa shape index (κ2) is 8.54. The van der Waals surface area contributed by atoms with Crippen molar-refractivity contribution in [3.63, 3.8) is 0 Å². The maximum absolute atomic E-state index is 11.3. The van der Waals surface area contributed by atoms with Gasteiger partial charge < -0.3 is 14.9 Å². The Hall–Kier alpha value is -2.04. The Bertz CT molecular complexity index is 854. The van der Waals surface area contributed by atoms with Gasteiger partial charge in [-0.3, -0.25) is 4.79 Å². The third kappa shape index (κ3) is 4.18. The Morgan fingerprint density at radius 2 is 1.86 bits per heavy atom. The van der Waals surface area contributed by atoms with Gasteiger partial charge in [0.2, 0.25) is 0 Å². The van der Waals surface area contributed by atoms with Gasteiger partial charge in [-0.25, -0.2) is 0 Å². The number of nitrogens with zero attached hydrogens (tertiary/aromatic N) is 2. The molecule has 0 amide bonds. The maximum Gasteiger partial charge on any atom is 0.307 e. The zero-order chi connectivity index (χ0) is 19.5. The van der Waals surface area contributed by atoms with E-state index in [4.69, 9.17) is 11.6 Å². The van der Waals surface area contributed by atoms with Crippen LogP contribution in [0.3, 0.4) is 0 Å². The number of fused-ring (bicyclic) bond motifs is 2. The van der Waals surface area contributed by atoms with Crippen LogP contribution in [0.5, 0.6) is 0 Å². The van der Waals surface area contributed by atoms with Gasteiger partial charge in [-0.2, -0.15) is 0 Å². The Morgan fingerprint density at radius 3 is 2.68 bits per heavy atom. The number of para-hydroxylation sites is 1. The minimum atomic E-state index is -0.658. The van der Waals surface area contributed by atoms with Gasteiger partial charge in [0.05, 0.1) is 5.92 Å². The standard InChI is InChI=1S/C23H27ClN2O2/c24-20-11-10-18-9-8-17-5-1-2-7-21(17)26(22(18)15-20)14-4-13-25-12-3-6-19(16-25)23(27)28/h1-2,5,7,10-11,15,19H,3-4,6,8-9,12-14,16H2,(H,27,28)/t19-/m1/s1. The van der Waals surface area contributed by atoms with E-state index < -0.39 is 5.97 Å². The number of aryl methyl sites for hydroxylation is 2. The van der Waals surface area contributed by atoms with Gasteiger partial charge in [-0.05, 0) is 74.5 Å². The largest absolute Gasteiger partial charge is 0.481 e. The summed E-state index contributed by atoms with van der Waals surface area (Å²) in [6.07, 6.45) is 4.83. The molecule has 0 unspecified atom stereocenters. The van der Waals surface area contributed by atoms with E-state index in [0.29, 0.717) is 6.54 Å². The van der Waals surface area contributed by atoms with E-state index in [1.807, 2.05) is 6.07 Å². The van der Waals surface area contributed by atoms with Crippen LogP contribution in [0, 0.1) is 5.92 Å². The molecule has 2 aliphatic rings. The SMILES string of the molecule is O=C(O)[C@@H]1CCCN(CCCN2c3ccccc3CCc3ccc(Cl)cc32)C1. The number of carboxylic acid groups (broad SMARTS) is 1. The van der Waals surface area contributed by atoms with Gasteiger partial charge in [-0.15, -0.1) is 0 Å². The Morgan fingerprint density at radius 1 is 1.07 bits per heavy atom. The average molecular weight is 399 g/mol. The highest BCUT2D eigenvalue weighted by molar-refractivity contribution is 6.30. The summed E-state index contributed by atoms with van der Waals surface area (Å²) < 4.78 is 0. The van der Waals surface area contributed by atoms with Gasteiger partial charge in [0, 0.05) is 29.5 Å². The Kier molecular flexibility index (Phi) is 5.88. The molecule has 0 spiro atoms. The lowest BCUT2D eigenvalue weighted by Crippen LogP contribution is -2.39. The van der Waals surface area contributed by atoms with Crippen LogP contribution < -0.4 is 4.90 Å². The first-order valence-corrected chi connectivity index (χ1v) is 10.6. The zero-order valence-corrected chi connectivity index (χ0v) is 16.9. The van der Waals surface area contributed by atoms with Crippen molar-refractivity contribution in [2.75, 3.05) is 31.1 Å². The van der Waals surface area contributed by atoms with E-state index in [9.17, 15) is 9.90 Å². The molecule has 4 rings (SSSR count). The molecule has 0 saturated carbocycles. The van der Waals surface area contributed by atoms with Crippen LogP contribution >= 0.6 is 11.6 Å².